The highest BCUT2D eigenvalue weighted by atomic mass is 79.9. The molecule has 0 aliphatic carbocycles. The SMILES string of the molecule is C[C@H](c1ncccn1)N(Cc1ncc(Br)cc1F)C(=O)c1cc2nc(NC(=O)OC(C)(C)C)c3c(c2[nH]1)COC3. The first-order valence-electron chi connectivity index (χ1n) is 12.5. The third-order valence-electron chi connectivity index (χ3n) is 6.22. The van der Waals surface area contributed by atoms with E-state index >= 15 is 0 Å². The summed E-state index contributed by atoms with van der Waals surface area (Å²) in [4.78, 5) is 48.4. The fraction of sp³-hybridized carbons (Fsp3) is 0.333. The summed E-state index contributed by atoms with van der Waals surface area (Å²) in [5.74, 6) is -0.298. The zero-order valence-electron chi connectivity index (χ0n) is 22.3. The lowest BCUT2D eigenvalue weighted by atomic mass is 10.1. The second-order valence-electron chi connectivity index (χ2n) is 10.3. The Bertz CT molecular complexity index is 1590. The molecule has 11 nitrogen and oxygen atoms in total. The molecular formula is C27H27BrFN7O4. The van der Waals surface area contributed by atoms with Crippen LogP contribution in [0.15, 0.2) is 41.3 Å². The van der Waals surface area contributed by atoms with Crippen LogP contribution >= 0.6 is 15.9 Å². The Hall–Kier alpha value is -3.97. The van der Waals surface area contributed by atoms with Gasteiger partial charge in [0.05, 0.1) is 42.5 Å². The standard InChI is InChI=1S/C27H27BrFN7O4/c1-14(23-30-6-5-7-31-23)36(11-21-18(29)8-15(28)10-32-21)25(37)20-9-19-22(33-20)16-12-39-13-17(16)24(34-19)35-26(38)40-27(2,3)4/h5-10,14,33H,11-13H2,1-4H3,(H,34,35,38)/t14-/m1/s1. The first-order valence-corrected chi connectivity index (χ1v) is 13.3. The van der Waals surface area contributed by atoms with Gasteiger partial charge < -0.3 is 19.4 Å². The molecule has 0 saturated heterocycles. The molecular weight excluding hydrogens is 585 g/mol. The average molecular weight is 612 g/mol. The fourth-order valence-electron chi connectivity index (χ4n) is 4.36. The van der Waals surface area contributed by atoms with Crippen LogP contribution < -0.4 is 5.32 Å². The van der Waals surface area contributed by atoms with Crippen LogP contribution in [0.2, 0.25) is 0 Å². The van der Waals surface area contributed by atoms with E-state index in [9.17, 15) is 14.0 Å². The summed E-state index contributed by atoms with van der Waals surface area (Å²) in [6, 6.07) is 3.95. The van der Waals surface area contributed by atoms with E-state index in [2.05, 4.69) is 46.2 Å². The van der Waals surface area contributed by atoms with Crippen molar-refractivity contribution in [1.82, 2.24) is 29.8 Å². The molecule has 4 aromatic heterocycles. The van der Waals surface area contributed by atoms with Crippen molar-refractivity contribution >= 4 is 44.8 Å². The minimum atomic E-state index is -0.687. The molecule has 1 atom stereocenters. The fourth-order valence-corrected chi connectivity index (χ4v) is 4.66. The molecule has 1 aliphatic heterocycles. The summed E-state index contributed by atoms with van der Waals surface area (Å²) in [7, 11) is 0. The minimum Gasteiger partial charge on any atom is -0.444 e. The van der Waals surface area contributed by atoms with Crippen molar-refractivity contribution in [3.63, 3.8) is 0 Å². The number of halogens is 2. The van der Waals surface area contributed by atoms with Crippen molar-refractivity contribution in [3.05, 3.63) is 75.4 Å². The number of nitrogens with one attached hydrogen (secondary N) is 2. The zero-order valence-corrected chi connectivity index (χ0v) is 23.9. The minimum absolute atomic E-state index is 0.0895. The number of aromatic amines is 1. The van der Waals surface area contributed by atoms with Gasteiger partial charge in [-0.25, -0.2) is 24.1 Å². The van der Waals surface area contributed by atoms with Gasteiger partial charge in [-0.15, -0.1) is 0 Å². The highest BCUT2D eigenvalue weighted by Crippen LogP contribution is 2.33. The first kappa shape index (κ1) is 27.6. The van der Waals surface area contributed by atoms with Gasteiger partial charge in [-0.3, -0.25) is 15.1 Å². The number of rotatable bonds is 6. The highest BCUT2D eigenvalue weighted by Gasteiger charge is 2.30. The van der Waals surface area contributed by atoms with E-state index in [1.165, 1.54) is 17.2 Å². The van der Waals surface area contributed by atoms with Crippen molar-refractivity contribution < 1.29 is 23.5 Å². The van der Waals surface area contributed by atoms with Crippen LogP contribution in [-0.4, -0.2) is 47.4 Å². The van der Waals surface area contributed by atoms with E-state index in [1.807, 2.05) is 0 Å². The quantitative estimate of drug-likeness (QED) is 0.294. The molecule has 0 radical (unpaired) electrons. The maximum absolute atomic E-state index is 14.8. The van der Waals surface area contributed by atoms with E-state index in [1.54, 1.807) is 52.2 Å². The van der Waals surface area contributed by atoms with E-state index in [4.69, 9.17) is 9.47 Å². The summed E-state index contributed by atoms with van der Waals surface area (Å²) < 4.78 is 26.3. The van der Waals surface area contributed by atoms with E-state index in [0.717, 1.165) is 5.56 Å². The van der Waals surface area contributed by atoms with Crippen LogP contribution in [0.1, 0.15) is 66.9 Å². The van der Waals surface area contributed by atoms with Crippen molar-refractivity contribution in [3.8, 4) is 0 Å². The molecule has 2 N–H and O–H groups in total. The molecule has 4 aromatic rings. The van der Waals surface area contributed by atoms with Gasteiger partial charge in [0, 0.05) is 34.2 Å². The van der Waals surface area contributed by atoms with Gasteiger partial charge in [0.1, 0.15) is 28.8 Å². The first-order chi connectivity index (χ1) is 19.0. The molecule has 40 heavy (non-hydrogen) atoms. The largest absolute Gasteiger partial charge is 0.444 e. The molecule has 5 rings (SSSR count). The number of hydrogen-bond acceptors (Lipinski definition) is 8. The third kappa shape index (κ3) is 5.80. The molecule has 0 aromatic carbocycles. The Balaban J connectivity index is 1.52. The Morgan fingerprint density at radius 1 is 1.20 bits per heavy atom. The van der Waals surface area contributed by atoms with Crippen LogP contribution in [0.4, 0.5) is 15.0 Å². The van der Waals surface area contributed by atoms with Crippen LogP contribution in [0.3, 0.4) is 0 Å². The molecule has 0 fully saturated rings. The van der Waals surface area contributed by atoms with Gasteiger partial charge in [0.25, 0.3) is 5.91 Å². The number of nitrogens with zero attached hydrogens (tertiary/aromatic N) is 5. The molecule has 0 unspecified atom stereocenters. The second-order valence-corrected chi connectivity index (χ2v) is 11.2. The number of pyridine rings is 2. The van der Waals surface area contributed by atoms with Gasteiger partial charge in [0.2, 0.25) is 0 Å². The molecule has 208 valence electrons. The summed E-state index contributed by atoms with van der Waals surface area (Å²) in [5, 5.41) is 2.70. The molecule has 2 amide bonds. The third-order valence-corrected chi connectivity index (χ3v) is 6.65. The monoisotopic (exact) mass is 611 g/mol. The zero-order chi connectivity index (χ0) is 28.6. The van der Waals surface area contributed by atoms with Crippen molar-refractivity contribution in [2.45, 2.75) is 59.1 Å². The van der Waals surface area contributed by atoms with Crippen LogP contribution in [-0.2, 0) is 29.2 Å². The van der Waals surface area contributed by atoms with Gasteiger partial charge in [-0.05, 0) is 61.8 Å². The number of carbonyl (C=O) groups is 2. The average Bonchev–Trinajstić information content (AvgIpc) is 3.54. The van der Waals surface area contributed by atoms with Crippen molar-refractivity contribution in [1.29, 1.82) is 0 Å². The molecule has 13 heteroatoms. The van der Waals surface area contributed by atoms with Crippen LogP contribution in [0.5, 0.6) is 0 Å². The Morgan fingerprint density at radius 2 is 1.93 bits per heavy atom. The number of H-pyrrole nitrogens is 1. The van der Waals surface area contributed by atoms with Crippen molar-refractivity contribution in [2.75, 3.05) is 5.32 Å². The molecule has 5 heterocycles. The number of hydrogen-bond donors (Lipinski definition) is 2. The smallest absolute Gasteiger partial charge is 0.413 e. The second kappa shape index (κ2) is 10.9. The van der Waals surface area contributed by atoms with Gasteiger partial charge in [-0.2, -0.15) is 0 Å². The summed E-state index contributed by atoms with van der Waals surface area (Å²) in [6.45, 7) is 7.45. The maximum Gasteiger partial charge on any atom is 0.413 e. The highest BCUT2D eigenvalue weighted by molar-refractivity contribution is 9.10. The summed E-state index contributed by atoms with van der Waals surface area (Å²) in [5.41, 5.74) is 2.16. The number of carbonyl (C=O) groups excluding carboxylic acids is 2. The lowest BCUT2D eigenvalue weighted by molar-refractivity contribution is 0.0631. The lowest BCUT2D eigenvalue weighted by Gasteiger charge is -2.27. The van der Waals surface area contributed by atoms with Crippen LogP contribution in [0, 0.1) is 5.82 Å². The van der Waals surface area contributed by atoms with E-state index < -0.39 is 29.5 Å². The Kier molecular flexibility index (Phi) is 7.51. The number of ether oxygens (including phenoxy) is 2. The number of fused-ring (bicyclic) bond motifs is 3. The van der Waals surface area contributed by atoms with E-state index in [-0.39, 0.29) is 31.1 Å². The topological polar surface area (TPSA) is 135 Å². The van der Waals surface area contributed by atoms with Gasteiger partial charge >= 0.3 is 6.09 Å². The van der Waals surface area contributed by atoms with Crippen molar-refractivity contribution in [2.24, 2.45) is 0 Å². The normalized spacial score (nSPS) is 13.7. The van der Waals surface area contributed by atoms with E-state index in [0.29, 0.717) is 32.7 Å². The number of anilines is 1. The Labute approximate surface area is 237 Å². The summed E-state index contributed by atoms with van der Waals surface area (Å²) in [6.07, 6.45) is 3.98. The number of aromatic nitrogens is 5. The molecule has 0 bridgehead atoms. The predicted molar refractivity (Wildman–Crippen MR) is 147 cm³/mol. The van der Waals surface area contributed by atoms with Gasteiger partial charge in [0.15, 0.2) is 0 Å². The van der Waals surface area contributed by atoms with Gasteiger partial charge in [-0.1, -0.05) is 0 Å². The summed E-state index contributed by atoms with van der Waals surface area (Å²) >= 11 is 3.21. The lowest BCUT2D eigenvalue weighted by Crippen LogP contribution is -2.35. The van der Waals surface area contributed by atoms with Crippen LogP contribution in [0.25, 0.3) is 11.0 Å². The molecule has 0 saturated carbocycles. The molecule has 1 aliphatic rings. The Morgan fingerprint density at radius 3 is 2.62 bits per heavy atom. The molecule has 0 spiro atoms. The maximum atomic E-state index is 14.8. The number of amides is 2. The predicted octanol–water partition coefficient (Wildman–Crippen LogP) is 5.43.